The van der Waals surface area contributed by atoms with Crippen LogP contribution in [0.4, 0.5) is 0 Å². The number of thioether (sulfide) groups is 1. The fourth-order valence-electron chi connectivity index (χ4n) is 2.34. The van der Waals surface area contributed by atoms with Crippen LogP contribution < -0.4 is 4.74 Å². The maximum Gasteiger partial charge on any atom is 0.284 e. The van der Waals surface area contributed by atoms with Crippen molar-refractivity contribution in [3.05, 3.63) is 62.5 Å². The number of nitrogens with zero attached hydrogens (tertiary/aromatic N) is 1. The third kappa shape index (κ3) is 3.96. The molecule has 0 spiro atoms. The summed E-state index contributed by atoms with van der Waals surface area (Å²) < 4.78 is 6.18. The standard InChI is InChI=1S/C19H16BrNO3S/c1-3-24-15-10-14(20)8-13(17(15)22)9-16-18(23)21-19(25-16)12-6-4-11(2)5-7-12/h4-10,22H,3H2,1-2H3. The van der Waals surface area contributed by atoms with Gasteiger partial charge in [-0.2, -0.15) is 0 Å². The lowest BCUT2D eigenvalue weighted by Gasteiger charge is -2.09. The van der Waals surface area contributed by atoms with Gasteiger partial charge in [0.15, 0.2) is 11.5 Å². The number of carbonyl (C=O) groups is 1. The molecule has 0 saturated carbocycles. The fraction of sp³-hybridized carbons (Fsp3) is 0.158. The van der Waals surface area contributed by atoms with Gasteiger partial charge in [0.25, 0.3) is 5.91 Å². The molecule has 4 nitrogen and oxygen atoms in total. The predicted octanol–water partition coefficient (Wildman–Crippen LogP) is 4.92. The summed E-state index contributed by atoms with van der Waals surface area (Å²) in [6, 6.07) is 11.3. The molecule has 1 aliphatic heterocycles. The van der Waals surface area contributed by atoms with Crippen LogP contribution in [0.1, 0.15) is 23.6 Å². The largest absolute Gasteiger partial charge is 0.504 e. The molecule has 1 aliphatic rings. The zero-order chi connectivity index (χ0) is 18.0. The van der Waals surface area contributed by atoms with Gasteiger partial charge in [-0.25, -0.2) is 4.99 Å². The average Bonchev–Trinajstić information content (AvgIpc) is 2.93. The maximum atomic E-state index is 12.2. The highest BCUT2D eigenvalue weighted by molar-refractivity contribution is 9.10. The van der Waals surface area contributed by atoms with E-state index in [2.05, 4.69) is 20.9 Å². The molecule has 0 aliphatic carbocycles. The number of ether oxygens (including phenoxy) is 1. The second kappa shape index (κ2) is 7.45. The number of benzene rings is 2. The Hall–Kier alpha value is -2.05. The van der Waals surface area contributed by atoms with E-state index in [1.807, 2.05) is 38.1 Å². The summed E-state index contributed by atoms with van der Waals surface area (Å²) in [5.41, 5.74) is 2.56. The van der Waals surface area contributed by atoms with Crippen LogP contribution in [0.25, 0.3) is 6.08 Å². The first-order valence-corrected chi connectivity index (χ1v) is 9.33. The summed E-state index contributed by atoms with van der Waals surface area (Å²) >= 11 is 4.70. The highest BCUT2D eigenvalue weighted by Gasteiger charge is 2.23. The van der Waals surface area contributed by atoms with Gasteiger partial charge in [0.1, 0.15) is 5.04 Å². The summed E-state index contributed by atoms with van der Waals surface area (Å²) in [5, 5.41) is 11.0. The second-order valence-corrected chi connectivity index (χ2v) is 7.42. The van der Waals surface area contributed by atoms with Crippen molar-refractivity contribution in [3.63, 3.8) is 0 Å². The van der Waals surface area contributed by atoms with Crippen molar-refractivity contribution in [3.8, 4) is 11.5 Å². The van der Waals surface area contributed by atoms with Gasteiger partial charge in [0.05, 0.1) is 11.5 Å². The Morgan fingerprint density at radius 2 is 2.00 bits per heavy atom. The molecule has 128 valence electrons. The molecule has 1 N–H and O–H groups in total. The van der Waals surface area contributed by atoms with Crippen LogP contribution in [0.15, 0.2) is 50.8 Å². The number of phenols is 1. The molecule has 0 atom stereocenters. The molecule has 0 bridgehead atoms. The molecular formula is C19H16BrNO3S. The summed E-state index contributed by atoms with van der Waals surface area (Å²) in [6.45, 7) is 4.29. The Bertz CT molecular complexity index is 888. The SMILES string of the molecule is CCOc1cc(Br)cc(C=C2SC(c3ccc(C)cc3)=NC2=O)c1O. The van der Waals surface area contributed by atoms with Crippen molar-refractivity contribution in [1.29, 1.82) is 0 Å². The van der Waals surface area contributed by atoms with Crippen LogP contribution in [0.3, 0.4) is 0 Å². The van der Waals surface area contributed by atoms with Crippen molar-refractivity contribution in [1.82, 2.24) is 0 Å². The summed E-state index contributed by atoms with van der Waals surface area (Å²) in [7, 11) is 0. The monoisotopic (exact) mass is 417 g/mol. The van der Waals surface area contributed by atoms with Gasteiger partial charge in [0.2, 0.25) is 0 Å². The van der Waals surface area contributed by atoms with E-state index in [4.69, 9.17) is 4.74 Å². The lowest BCUT2D eigenvalue weighted by molar-refractivity contribution is -0.113. The normalized spacial score (nSPS) is 15.6. The molecule has 0 aromatic heterocycles. The number of amides is 1. The van der Waals surface area contributed by atoms with Gasteiger partial charge in [-0.05, 0) is 32.1 Å². The van der Waals surface area contributed by atoms with E-state index in [1.54, 1.807) is 18.2 Å². The quantitative estimate of drug-likeness (QED) is 0.716. The van der Waals surface area contributed by atoms with E-state index in [0.29, 0.717) is 27.9 Å². The molecule has 0 saturated heterocycles. The van der Waals surface area contributed by atoms with Crippen LogP contribution >= 0.6 is 27.7 Å². The highest BCUT2D eigenvalue weighted by Crippen LogP contribution is 2.38. The van der Waals surface area contributed by atoms with Crippen LogP contribution in [0.5, 0.6) is 11.5 Å². The zero-order valence-electron chi connectivity index (χ0n) is 13.7. The number of aryl methyl sites for hydroxylation is 1. The van der Waals surface area contributed by atoms with Gasteiger partial charge in [0, 0.05) is 15.6 Å². The number of phenolic OH excluding ortho intramolecular Hbond substituents is 1. The van der Waals surface area contributed by atoms with Gasteiger partial charge in [-0.1, -0.05) is 57.5 Å². The Labute approximate surface area is 158 Å². The van der Waals surface area contributed by atoms with Crippen LogP contribution in [-0.4, -0.2) is 22.7 Å². The van der Waals surface area contributed by atoms with Gasteiger partial charge in [-0.15, -0.1) is 0 Å². The number of carbonyl (C=O) groups excluding carboxylic acids is 1. The summed E-state index contributed by atoms with van der Waals surface area (Å²) in [5.74, 6) is 0.0755. The van der Waals surface area contributed by atoms with Crippen molar-refractivity contribution in [2.75, 3.05) is 6.61 Å². The van der Waals surface area contributed by atoms with E-state index in [-0.39, 0.29) is 11.7 Å². The molecule has 6 heteroatoms. The minimum Gasteiger partial charge on any atom is -0.504 e. The molecule has 1 amide bonds. The van der Waals surface area contributed by atoms with Crippen molar-refractivity contribution < 1.29 is 14.6 Å². The van der Waals surface area contributed by atoms with Gasteiger partial charge < -0.3 is 9.84 Å². The van der Waals surface area contributed by atoms with E-state index < -0.39 is 0 Å². The minimum atomic E-state index is -0.307. The molecule has 0 fully saturated rings. The lowest BCUT2D eigenvalue weighted by atomic mass is 10.1. The predicted molar refractivity (Wildman–Crippen MR) is 105 cm³/mol. The van der Waals surface area contributed by atoms with Crippen LogP contribution in [-0.2, 0) is 4.79 Å². The van der Waals surface area contributed by atoms with Gasteiger partial charge in [-0.3, -0.25) is 4.79 Å². The van der Waals surface area contributed by atoms with Crippen molar-refractivity contribution in [2.24, 2.45) is 4.99 Å². The Morgan fingerprint density at radius 3 is 2.68 bits per heavy atom. The number of hydrogen-bond donors (Lipinski definition) is 1. The lowest BCUT2D eigenvalue weighted by Crippen LogP contribution is -1.94. The molecule has 1 heterocycles. The second-order valence-electron chi connectivity index (χ2n) is 5.47. The fourth-order valence-corrected chi connectivity index (χ4v) is 3.70. The molecule has 0 unspecified atom stereocenters. The minimum absolute atomic E-state index is 0.00901. The molecular weight excluding hydrogens is 402 g/mol. The molecule has 25 heavy (non-hydrogen) atoms. The summed E-state index contributed by atoms with van der Waals surface area (Å²) in [6.07, 6.45) is 1.64. The van der Waals surface area contributed by atoms with E-state index in [1.165, 1.54) is 11.8 Å². The molecule has 0 radical (unpaired) electrons. The molecule has 3 rings (SSSR count). The number of rotatable bonds is 4. The maximum absolute atomic E-state index is 12.2. The van der Waals surface area contributed by atoms with Crippen molar-refractivity contribution in [2.45, 2.75) is 13.8 Å². The Kier molecular flexibility index (Phi) is 5.30. The first-order valence-electron chi connectivity index (χ1n) is 7.73. The molecule has 2 aromatic rings. The Morgan fingerprint density at radius 1 is 1.28 bits per heavy atom. The summed E-state index contributed by atoms with van der Waals surface area (Å²) in [4.78, 5) is 16.8. The first-order chi connectivity index (χ1) is 12.0. The number of aromatic hydroxyl groups is 1. The first kappa shape index (κ1) is 17.8. The topological polar surface area (TPSA) is 58.9 Å². The number of hydrogen-bond acceptors (Lipinski definition) is 4. The van der Waals surface area contributed by atoms with Crippen LogP contribution in [0, 0.1) is 6.92 Å². The van der Waals surface area contributed by atoms with E-state index >= 15 is 0 Å². The van der Waals surface area contributed by atoms with E-state index in [0.717, 1.165) is 15.6 Å². The van der Waals surface area contributed by atoms with Crippen molar-refractivity contribution >= 4 is 44.7 Å². The van der Waals surface area contributed by atoms with Crippen LogP contribution in [0.2, 0.25) is 0 Å². The third-order valence-corrected chi connectivity index (χ3v) is 5.07. The highest BCUT2D eigenvalue weighted by atomic mass is 79.9. The van der Waals surface area contributed by atoms with Gasteiger partial charge >= 0.3 is 0 Å². The third-order valence-electron chi connectivity index (χ3n) is 3.57. The average molecular weight is 418 g/mol. The van der Waals surface area contributed by atoms with E-state index in [9.17, 15) is 9.90 Å². The zero-order valence-corrected chi connectivity index (χ0v) is 16.1. The smallest absolute Gasteiger partial charge is 0.284 e. The number of halogens is 1. The Balaban J connectivity index is 1.91. The number of aliphatic imine (C=N–C) groups is 1. The molecule has 2 aromatic carbocycles.